The second-order valence-electron chi connectivity index (χ2n) is 5.99. The van der Waals surface area contributed by atoms with E-state index in [-0.39, 0.29) is 5.91 Å². The summed E-state index contributed by atoms with van der Waals surface area (Å²) in [6.45, 7) is 8.07. The maximum Gasteiger partial charge on any atom is 0.254 e. The fourth-order valence-electron chi connectivity index (χ4n) is 3.45. The van der Waals surface area contributed by atoms with E-state index >= 15 is 0 Å². The lowest BCUT2D eigenvalue weighted by molar-refractivity contribution is 0.0583. The minimum Gasteiger partial charge on any atom is -0.336 e. The number of nitrogens with zero attached hydrogens (tertiary/aromatic N) is 2. The van der Waals surface area contributed by atoms with Crippen molar-refractivity contribution in [2.45, 2.75) is 25.8 Å². The number of piperazine rings is 1. The third kappa shape index (κ3) is 3.11. The summed E-state index contributed by atoms with van der Waals surface area (Å²) in [6, 6.07) is 8.68. The normalized spacial score (nSPS) is 23.5. The van der Waals surface area contributed by atoms with E-state index in [1.54, 1.807) is 0 Å². The van der Waals surface area contributed by atoms with Crippen LogP contribution in [-0.4, -0.2) is 61.0 Å². The lowest BCUT2D eigenvalue weighted by Gasteiger charge is -2.38. The molecule has 2 heterocycles. The van der Waals surface area contributed by atoms with Crippen LogP contribution in [0.5, 0.6) is 0 Å². The van der Waals surface area contributed by atoms with Crippen LogP contribution >= 0.6 is 0 Å². The van der Waals surface area contributed by atoms with Crippen LogP contribution in [0.1, 0.15) is 29.3 Å². The molecule has 1 unspecified atom stereocenters. The highest BCUT2D eigenvalue weighted by molar-refractivity contribution is 5.95. The van der Waals surface area contributed by atoms with Crippen molar-refractivity contribution in [3.05, 3.63) is 35.4 Å². The molecule has 4 heteroatoms. The minimum absolute atomic E-state index is 0.205. The van der Waals surface area contributed by atoms with Crippen molar-refractivity contribution in [3.63, 3.8) is 0 Å². The van der Waals surface area contributed by atoms with E-state index in [4.69, 9.17) is 0 Å². The number of nitrogens with one attached hydrogen (secondary N) is 1. The second kappa shape index (κ2) is 6.58. The van der Waals surface area contributed by atoms with Crippen LogP contribution in [0.2, 0.25) is 0 Å². The molecule has 1 N–H and O–H groups in total. The maximum atomic E-state index is 12.7. The monoisotopic (exact) mass is 287 g/mol. The molecule has 0 saturated carbocycles. The lowest BCUT2D eigenvalue weighted by Crippen LogP contribution is -2.52. The van der Waals surface area contributed by atoms with Crippen molar-refractivity contribution >= 4 is 5.91 Å². The van der Waals surface area contributed by atoms with Gasteiger partial charge in [-0.3, -0.25) is 9.69 Å². The van der Waals surface area contributed by atoms with Crippen LogP contribution in [0.3, 0.4) is 0 Å². The molecule has 0 radical (unpaired) electrons. The molecule has 4 nitrogen and oxygen atoms in total. The number of hydrogen-bond donors (Lipinski definition) is 1. The molecule has 2 saturated heterocycles. The molecule has 2 aliphatic rings. The third-order valence-corrected chi connectivity index (χ3v) is 4.78. The maximum absolute atomic E-state index is 12.7. The Morgan fingerprint density at radius 3 is 2.67 bits per heavy atom. The summed E-state index contributed by atoms with van der Waals surface area (Å²) in [5.41, 5.74) is 2.04. The number of hydrogen-bond acceptors (Lipinski definition) is 3. The van der Waals surface area contributed by atoms with Crippen molar-refractivity contribution in [1.82, 2.24) is 15.1 Å². The van der Waals surface area contributed by atoms with E-state index in [1.165, 1.54) is 6.42 Å². The molecule has 0 aromatic heterocycles. The lowest BCUT2D eigenvalue weighted by atomic mass is 10.0. The zero-order valence-electron chi connectivity index (χ0n) is 12.8. The summed E-state index contributed by atoms with van der Waals surface area (Å²) in [5, 5.41) is 3.42. The molecule has 3 rings (SSSR count). The Morgan fingerprint density at radius 2 is 2.00 bits per heavy atom. The van der Waals surface area contributed by atoms with Gasteiger partial charge in [-0.2, -0.15) is 0 Å². The molecule has 2 fully saturated rings. The number of aryl methyl sites for hydroxylation is 1. The predicted octanol–water partition coefficient (Wildman–Crippen LogP) is 1.37. The zero-order valence-corrected chi connectivity index (χ0v) is 12.8. The standard InChI is InChI=1S/C17H25N3O/c1-2-14-5-3-4-6-16(14)17(21)20-11-9-19(10-12-20)15-7-8-18-13-15/h3-6,15,18H,2,7-13H2,1H3. The van der Waals surface area contributed by atoms with Gasteiger partial charge in [0.05, 0.1) is 0 Å². The molecular formula is C17H25N3O. The molecule has 1 aromatic carbocycles. The van der Waals surface area contributed by atoms with Crippen LogP contribution < -0.4 is 5.32 Å². The fourth-order valence-corrected chi connectivity index (χ4v) is 3.45. The Labute approximate surface area is 127 Å². The van der Waals surface area contributed by atoms with Crippen molar-refractivity contribution in [3.8, 4) is 0 Å². The average Bonchev–Trinajstić information content (AvgIpc) is 3.09. The molecule has 1 amide bonds. The van der Waals surface area contributed by atoms with Crippen molar-refractivity contribution < 1.29 is 4.79 Å². The van der Waals surface area contributed by atoms with Crippen LogP contribution in [0.25, 0.3) is 0 Å². The fraction of sp³-hybridized carbons (Fsp3) is 0.588. The molecule has 2 aliphatic heterocycles. The Morgan fingerprint density at radius 1 is 1.24 bits per heavy atom. The van der Waals surface area contributed by atoms with Crippen molar-refractivity contribution in [2.24, 2.45) is 0 Å². The van der Waals surface area contributed by atoms with E-state index in [1.807, 2.05) is 23.1 Å². The van der Waals surface area contributed by atoms with Gasteiger partial charge >= 0.3 is 0 Å². The van der Waals surface area contributed by atoms with Crippen LogP contribution in [0.4, 0.5) is 0 Å². The van der Waals surface area contributed by atoms with Gasteiger partial charge in [0.25, 0.3) is 5.91 Å². The highest BCUT2D eigenvalue weighted by atomic mass is 16.2. The number of carbonyl (C=O) groups is 1. The smallest absolute Gasteiger partial charge is 0.254 e. The van der Waals surface area contributed by atoms with Gasteiger partial charge in [-0.05, 0) is 31.0 Å². The van der Waals surface area contributed by atoms with E-state index in [0.717, 1.165) is 56.8 Å². The predicted molar refractivity (Wildman–Crippen MR) is 84.6 cm³/mol. The molecule has 0 spiro atoms. The van der Waals surface area contributed by atoms with Gasteiger partial charge in [-0.1, -0.05) is 25.1 Å². The Hall–Kier alpha value is -1.39. The first kappa shape index (κ1) is 14.5. The summed E-state index contributed by atoms with van der Waals surface area (Å²) in [6.07, 6.45) is 2.15. The Bertz CT molecular complexity index is 489. The summed E-state index contributed by atoms with van der Waals surface area (Å²) >= 11 is 0. The van der Waals surface area contributed by atoms with Crippen molar-refractivity contribution in [1.29, 1.82) is 0 Å². The molecule has 0 aliphatic carbocycles. The summed E-state index contributed by atoms with van der Waals surface area (Å²) in [7, 11) is 0. The van der Waals surface area contributed by atoms with Gasteiger partial charge in [0, 0.05) is 44.3 Å². The second-order valence-corrected chi connectivity index (χ2v) is 5.99. The van der Waals surface area contributed by atoms with Crippen LogP contribution in [-0.2, 0) is 6.42 Å². The number of amides is 1. The van der Waals surface area contributed by atoms with Gasteiger partial charge in [0.15, 0.2) is 0 Å². The highest BCUT2D eigenvalue weighted by Crippen LogP contribution is 2.16. The third-order valence-electron chi connectivity index (χ3n) is 4.78. The summed E-state index contributed by atoms with van der Waals surface area (Å²) in [5.74, 6) is 0.205. The molecule has 1 aromatic rings. The Kier molecular flexibility index (Phi) is 4.56. The van der Waals surface area contributed by atoms with E-state index in [2.05, 4.69) is 23.2 Å². The first-order chi connectivity index (χ1) is 10.3. The summed E-state index contributed by atoms with van der Waals surface area (Å²) in [4.78, 5) is 17.3. The first-order valence-electron chi connectivity index (χ1n) is 8.11. The largest absolute Gasteiger partial charge is 0.336 e. The molecule has 0 bridgehead atoms. The van der Waals surface area contributed by atoms with Gasteiger partial charge in [0.1, 0.15) is 0 Å². The van der Waals surface area contributed by atoms with E-state index < -0.39 is 0 Å². The average molecular weight is 287 g/mol. The number of benzene rings is 1. The molecule has 21 heavy (non-hydrogen) atoms. The molecule has 114 valence electrons. The highest BCUT2D eigenvalue weighted by Gasteiger charge is 2.28. The van der Waals surface area contributed by atoms with Gasteiger partial charge in [0.2, 0.25) is 0 Å². The van der Waals surface area contributed by atoms with Crippen LogP contribution in [0.15, 0.2) is 24.3 Å². The quantitative estimate of drug-likeness (QED) is 0.912. The summed E-state index contributed by atoms with van der Waals surface area (Å²) < 4.78 is 0. The topological polar surface area (TPSA) is 35.6 Å². The van der Waals surface area contributed by atoms with Crippen molar-refractivity contribution in [2.75, 3.05) is 39.3 Å². The zero-order chi connectivity index (χ0) is 14.7. The number of carbonyl (C=O) groups excluding carboxylic acids is 1. The molecular weight excluding hydrogens is 262 g/mol. The molecule has 1 atom stereocenters. The first-order valence-corrected chi connectivity index (χ1v) is 8.11. The number of rotatable bonds is 3. The Balaban J connectivity index is 1.62. The van der Waals surface area contributed by atoms with E-state index in [9.17, 15) is 4.79 Å². The van der Waals surface area contributed by atoms with Gasteiger partial charge < -0.3 is 10.2 Å². The van der Waals surface area contributed by atoms with E-state index in [0.29, 0.717) is 6.04 Å². The van der Waals surface area contributed by atoms with Crippen LogP contribution in [0, 0.1) is 0 Å². The SMILES string of the molecule is CCc1ccccc1C(=O)N1CCN(C2CCNC2)CC1. The minimum atomic E-state index is 0.205. The van der Waals surface area contributed by atoms with Gasteiger partial charge in [-0.25, -0.2) is 0 Å². The van der Waals surface area contributed by atoms with Gasteiger partial charge in [-0.15, -0.1) is 0 Å².